The van der Waals surface area contributed by atoms with Gasteiger partial charge in [0.05, 0.1) is 18.7 Å². The number of hydrogen-bond donors (Lipinski definition) is 1. The highest BCUT2D eigenvalue weighted by molar-refractivity contribution is 5.98. The summed E-state index contributed by atoms with van der Waals surface area (Å²) in [4.78, 5) is 75.5. The van der Waals surface area contributed by atoms with Gasteiger partial charge in [0.1, 0.15) is 18.6 Å². The lowest BCUT2D eigenvalue weighted by atomic mass is 9.84. The molecule has 3 rings (SSSR count). The van der Waals surface area contributed by atoms with Gasteiger partial charge in [-0.05, 0) is 76.8 Å². The first-order valence-corrected chi connectivity index (χ1v) is 18.8. The number of piperidine rings is 1. The molecule has 2 heterocycles. The van der Waals surface area contributed by atoms with Crippen LogP contribution in [0, 0.1) is 11.3 Å². The zero-order chi connectivity index (χ0) is 38.0. The molecule has 1 N–H and O–H groups in total. The number of carbonyl (C=O) groups is 5. The number of rotatable bonds is 14. The molecule has 1 unspecified atom stereocenters. The number of nitrogens with one attached hydrogen (secondary N) is 1. The van der Waals surface area contributed by atoms with Crippen LogP contribution >= 0.6 is 0 Å². The third-order valence-electron chi connectivity index (χ3n) is 10.1. The molecule has 4 atom stereocenters. The van der Waals surface area contributed by atoms with Gasteiger partial charge in [-0.25, -0.2) is 0 Å². The predicted molar refractivity (Wildman–Crippen MR) is 199 cm³/mol. The minimum absolute atomic E-state index is 0.0465. The number of likely N-dealkylation sites (N-methyl/N-ethyl adjacent to an activating group) is 1. The summed E-state index contributed by atoms with van der Waals surface area (Å²) in [6.45, 7) is 19.0. The molecule has 2 aliphatic rings. The summed E-state index contributed by atoms with van der Waals surface area (Å²) in [7, 11) is 1.73. The zero-order valence-corrected chi connectivity index (χ0v) is 32.7. The summed E-state index contributed by atoms with van der Waals surface area (Å²) in [6.07, 6.45) is 5.74. The molecule has 2 fully saturated rings. The minimum Gasteiger partial charge on any atom is -0.465 e. The van der Waals surface area contributed by atoms with Crippen LogP contribution in [0.3, 0.4) is 0 Å². The number of nitrogens with zero attached hydrogens (tertiary/aromatic N) is 4. The van der Waals surface area contributed by atoms with E-state index < -0.39 is 29.5 Å². The van der Waals surface area contributed by atoms with E-state index in [4.69, 9.17) is 4.74 Å². The van der Waals surface area contributed by atoms with Crippen molar-refractivity contribution in [3.8, 4) is 0 Å². The number of likely N-dealkylation sites (tertiary alicyclic amines) is 2. The van der Waals surface area contributed by atoms with Crippen LogP contribution < -0.4 is 5.32 Å². The summed E-state index contributed by atoms with van der Waals surface area (Å²) >= 11 is 0. The Hall–Kier alpha value is -3.73. The number of carbonyl (C=O) groups excluding carboxylic acids is 5. The fourth-order valence-electron chi connectivity index (χ4n) is 7.25. The summed E-state index contributed by atoms with van der Waals surface area (Å²) in [5.41, 5.74) is 0.738. The Morgan fingerprint density at radius 2 is 1.61 bits per heavy atom. The van der Waals surface area contributed by atoms with Crippen LogP contribution in [-0.2, 0) is 35.3 Å². The van der Waals surface area contributed by atoms with Crippen molar-refractivity contribution in [1.82, 2.24) is 24.9 Å². The molecule has 0 spiro atoms. The Kier molecular flexibility index (Phi) is 15.3. The monoisotopic (exact) mass is 709 g/mol. The van der Waals surface area contributed by atoms with Gasteiger partial charge in [0.25, 0.3) is 0 Å². The van der Waals surface area contributed by atoms with Gasteiger partial charge in [0, 0.05) is 31.8 Å². The van der Waals surface area contributed by atoms with E-state index in [1.54, 1.807) is 30.7 Å². The average molecular weight is 710 g/mol. The average Bonchev–Trinajstić information content (AvgIpc) is 3.57. The molecule has 11 nitrogen and oxygen atoms in total. The SMILES string of the molecule is CCOC(=O)CN(Cc1ccccc1)C(=O)[C@@H]1CCCN1C(=O)C(C)=CC(C(C)C)N(C)C(=O)[C@@H](NC(=O)[C@H]1CCCCN1C(C)C)C(C)(C)C. The zero-order valence-electron chi connectivity index (χ0n) is 32.7. The van der Waals surface area contributed by atoms with Crippen LogP contribution in [0.1, 0.15) is 100.0 Å². The molecule has 51 heavy (non-hydrogen) atoms. The van der Waals surface area contributed by atoms with E-state index >= 15 is 0 Å². The van der Waals surface area contributed by atoms with Gasteiger partial charge in [0.15, 0.2) is 0 Å². The van der Waals surface area contributed by atoms with Crippen molar-refractivity contribution < 1.29 is 28.7 Å². The summed E-state index contributed by atoms with van der Waals surface area (Å²) in [6, 6.07) is 7.44. The van der Waals surface area contributed by atoms with Crippen molar-refractivity contribution in [3.63, 3.8) is 0 Å². The molecule has 4 amide bonds. The van der Waals surface area contributed by atoms with Crippen molar-refractivity contribution in [2.24, 2.45) is 11.3 Å². The van der Waals surface area contributed by atoms with Crippen molar-refractivity contribution in [3.05, 3.63) is 47.5 Å². The van der Waals surface area contributed by atoms with Gasteiger partial charge in [-0.2, -0.15) is 0 Å². The molecule has 11 heteroatoms. The summed E-state index contributed by atoms with van der Waals surface area (Å²) in [5, 5.41) is 3.13. The van der Waals surface area contributed by atoms with E-state index in [0.29, 0.717) is 25.0 Å². The number of amides is 4. The van der Waals surface area contributed by atoms with Crippen LogP contribution in [0.15, 0.2) is 42.0 Å². The Labute approximate surface area is 306 Å². The highest BCUT2D eigenvalue weighted by Crippen LogP contribution is 2.27. The van der Waals surface area contributed by atoms with Gasteiger partial charge in [-0.3, -0.25) is 28.9 Å². The van der Waals surface area contributed by atoms with E-state index in [1.807, 2.05) is 71.0 Å². The van der Waals surface area contributed by atoms with Gasteiger partial charge in [0.2, 0.25) is 23.6 Å². The van der Waals surface area contributed by atoms with Crippen LogP contribution in [0.4, 0.5) is 0 Å². The van der Waals surface area contributed by atoms with E-state index in [9.17, 15) is 24.0 Å². The molecular formula is C40H63N5O6. The van der Waals surface area contributed by atoms with Crippen molar-refractivity contribution in [1.29, 1.82) is 0 Å². The molecule has 0 radical (unpaired) electrons. The lowest BCUT2D eigenvalue weighted by Crippen LogP contribution is -2.60. The molecule has 2 saturated heterocycles. The maximum atomic E-state index is 14.3. The molecular weight excluding hydrogens is 646 g/mol. The minimum atomic E-state index is -0.771. The number of ether oxygens (including phenoxy) is 1. The van der Waals surface area contributed by atoms with Crippen molar-refractivity contribution in [2.45, 2.75) is 131 Å². The van der Waals surface area contributed by atoms with E-state index in [2.05, 4.69) is 24.1 Å². The molecule has 2 aliphatic heterocycles. The summed E-state index contributed by atoms with van der Waals surface area (Å²) in [5.74, 6) is -1.46. The summed E-state index contributed by atoms with van der Waals surface area (Å²) < 4.78 is 5.17. The van der Waals surface area contributed by atoms with Crippen molar-refractivity contribution in [2.75, 3.05) is 33.3 Å². The second kappa shape index (κ2) is 18.7. The fourth-order valence-corrected chi connectivity index (χ4v) is 7.25. The molecule has 0 bridgehead atoms. The second-order valence-corrected chi connectivity index (χ2v) is 15.8. The molecule has 0 aromatic heterocycles. The van der Waals surface area contributed by atoms with Gasteiger partial charge in [-0.1, -0.05) is 77.4 Å². The number of hydrogen-bond acceptors (Lipinski definition) is 7. The molecule has 1 aromatic rings. The fraction of sp³-hybridized carbons (Fsp3) is 0.675. The Balaban J connectivity index is 1.82. The first-order valence-electron chi connectivity index (χ1n) is 18.8. The molecule has 1 aromatic carbocycles. The van der Waals surface area contributed by atoms with Crippen molar-refractivity contribution >= 4 is 29.6 Å². The van der Waals surface area contributed by atoms with Gasteiger partial charge in [-0.15, -0.1) is 0 Å². The van der Waals surface area contributed by atoms with Gasteiger partial charge < -0.3 is 24.8 Å². The smallest absolute Gasteiger partial charge is 0.325 e. The molecule has 0 saturated carbocycles. The van der Waals surface area contributed by atoms with Crippen LogP contribution in [0.5, 0.6) is 0 Å². The van der Waals surface area contributed by atoms with E-state index in [1.165, 1.54) is 4.90 Å². The number of esters is 1. The number of benzene rings is 1. The standard InChI is InChI=1S/C40H63N5O6/c1-11-51-34(46)26-43(25-30-18-13-12-14-19-30)38(49)32-21-17-23-45(32)37(48)29(6)24-33(27(2)3)42(10)39(50)35(40(7,8)9)41-36(47)31-20-15-16-22-44(31)28(4)5/h12-14,18-19,24,27-28,31-33,35H,11,15-17,20-23,25-26H2,1-10H3,(H,41,47)/t31-,32+,33?,35-/m1/s1. The molecule has 0 aliphatic carbocycles. The highest BCUT2D eigenvalue weighted by atomic mass is 16.5. The first kappa shape index (κ1) is 41.7. The van der Waals surface area contributed by atoms with Gasteiger partial charge >= 0.3 is 5.97 Å². The third-order valence-corrected chi connectivity index (χ3v) is 10.1. The highest BCUT2D eigenvalue weighted by Gasteiger charge is 2.41. The maximum Gasteiger partial charge on any atom is 0.325 e. The van der Waals surface area contributed by atoms with E-state index in [0.717, 1.165) is 31.4 Å². The topological polar surface area (TPSA) is 120 Å². The van der Waals surface area contributed by atoms with E-state index in [-0.39, 0.29) is 61.3 Å². The largest absolute Gasteiger partial charge is 0.465 e. The molecule has 284 valence electrons. The lowest BCUT2D eigenvalue weighted by Gasteiger charge is -2.41. The Morgan fingerprint density at radius 3 is 2.20 bits per heavy atom. The first-order chi connectivity index (χ1) is 24.0. The predicted octanol–water partition coefficient (Wildman–Crippen LogP) is 4.79. The Bertz CT molecular complexity index is 1390. The second-order valence-electron chi connectivity index (χ2n) is 15.8. The van der Waals surface area contributed by atoms with Crippen LogP contribution in [-0.4, -0.2) is 113 Å². The lowest BCUT2D eigenvalue weighted by molar-refractivity contribution is -0.151. The maximum absolute atomic E-state index is 14.3. The quantitative estimate of drug-likeness (QED) is 0.218. The third kappa shape index (κ3) is 11.1. The van der Waals surface area contributed by atoms with Crippen LogP contribution in [0.25, 0.3) is 0 Å². The van der Waals surface area contributed by atoms with Crippen LogP contribution in [0.2, 0.25) is 0 Å². The Morgan fingerprint density at radius 1 is 0.961 bits per heavy atom. The normalized spacial score (nSPS) is 19.8.